The van der Waals surface area contributed by atoms with E-state index in [9.17, 15) is 0 Å². The van der Waals surface area contributed by atoms with E-state index in [1.165, 1.54) is 25.9 Å². The molecule has 1 fully saturated rings. The van der Waals surface area contributed by atoms with Gasteiger partial charge in [0.2, 0.25) is 0 Å². The van der Waals surface area contributed by atoms with Gasteiger partial charge in [0, 0.05) is 31.5 Å². The molecule has 4 heteroatoms. The normalized spacial score (nSPS) is 22.9. The minimum atomic E-state index is 0.255. The van der Waals surface area contributed by atoms with Crippen molar-refractivity contribution in [1.29, 1.82) is 0 Å². The highest BCUT2D eigenvalue weighted by atomic mass is 15.1. The first-order valence-electron chi connectivity index (χ1n) is 7.83. The standard InChI is InChI=1S/C16H30N4/c1-16(2,3)15(12-20-9-7-17-13-20)18-10-14-6-5-8-19(4)11-14/h7,9,13-15,18H,5-6,8,10-12H2,1-4H3. The van der Waals surface area contributed by atoms with Crippen LogP contribution >= 0.6 is 0 Å². The van der Waals surface area contributed by atoms with Gasteiger partial charge in [-0.15, -0.1) is 0 Å². The third-order valence-corrected chi connectivity index (χ3v) is 4.37. The Kier molecular flexibility index (Phi) is 5.22. The van der Waals surface area contributed by atoms with E-state index in [-0.39, 0.29) is 5.41 Å². The summed E-state index contributed by atoms with van der Waals surface area (Å²) in [5, 5.41) is 3.81. The smallest absolute Gasteiger partial charge is 0.0946 e. The predicted molar refractivity (Wildman–Crippen MR) is 83.7 cm³/mol. The van der Waals surface area contributed by atoms with Crippen LogP contribution in [0.5, 0.6) is 0 Å². The first-order valence-corrected chi connectivity index (χ1v) is 7.83. The number of aromatic nitrogens is 2. The molecule has 2 rings (SSSR count). The SMILES string of the molecule is CN1CCCC(CNC(Cn2ccnc2)C(C)(C)C)C1. The monoisotopic (exact) mass is 278 g/mol. The lowest BCUT2D eigenvalue weighted by molar-refractivity contribution is 0.180. The lowest BCUT2D eigenvalue weighted by Gasteiger charge is -2.35. The van der Waals surface area contributed by atoms with E-state index in [0.29, 0.717) is 6.04 Å². The third-order valence-electron chi connectivity index (χ3n) is 4.37. The second-order valence-electron chi connectivity index (χ2n) is 7.36. The Morgan fingerprint density at radius 3 is 2.80 bits per heavy atom. The molecule has 0 bridgehead atoms. The average molecular weight is 278 g/mol. The fourth-order valence-electron chi connectivity index (χ4n) is 3.00. The zero-order chi connectivity index (χ0) is 14.6. The first kappa shape index (κ1) is 15.5. The Labute approximate surface area is 123 Å². The molecule has 2 atom stereocenters. The van der Waals surface area contributed by atoms with E-state index in [4.69, 9.17) is 0 Å². The topological polar surface area (TPSA) is 33.1 Å². The Morgan fingerprint density at radius 1 is 1.40 bits per heavy atom. The number of piperidine rings is 1. The van der Waals surface area contributed by atoms with Crippen molar-refractivity contribution in [3.63, 3.8) is 0 Å². The maximum Gasteiger partial charge on any atom is 0.0946 e. The van der Waals surface area contributed by atoms with Crippen molar-refractivity contribution in [2.45, 2.75) is 46.2 Å². The van der Waals surface area contributed by atoms with Crippen LogP contribution in [0.1, 0.15) is 33.6 Å². The molecule has 0 saturated carbocycles. The summed E-state index contributed by atoms with van der Waals surface area (Å²) in [6, 6.07) is 0.476. The van der Waals surface area contributed by atoms with Crippen molar-refractivity contribution in [2.24, 2.45) is 11.3 Å². The van der Waals surface area contributed by atoms with Crippen molar-refractivity contribution in [1.82, 2.24) is 19.8 Å². The minimum Gasteiger partial charge on any atom is -0.336 e. The summed E-state index contributed by atoms with van der Waals surface area (Å²) in [5.41, 5.74) is 0.255. The fraction of sp³-hybridized carbons (Fsp3) is 0.812. The van der Waals surface area contributed by atoms with E-state index in [1.807, 2.05) is 12.5 Å². The number of nitrogens with zero attached hydrogens (tertiary/aromatic N) is 3. The van der Waals surface area contributed by atoms with Crippen LogP contribution in [0, 0.1) is 11.3 Å². The van der Waals surface area contributed by atoms with Crippen molar-refractivity contribution < 1.29 is 0 Å². The van der Waals surface area contributed by atoms with Crippen LogP contribution in [-0.4, -0.2) is 47.2 Å². The Hall–Kier alpha value is -0.870. The summed E-state index contributed by atoms with van der Waals surface area (Å²) < 4.78 is 2.18. The maximum absolute atomic E-state index is 4.15. The van der Waals surface area contributed by atoms with Gasteiger partial charge in [-0.1, -0.05) is 20.8 Å². The molecule has 2 heterocycles. The minimum absolute atomic E-state index is 0.255. The Bertz CT molecular complexity index is 380. The van der Waals surface area contributed by atoms with Gasteiger partial charge in [-0.3, -0.25) is 0 Å². The lowest BCUT2D eigenvalue weighted by Crippen LogP contribution is -2.47. The number of imidazole rings is 1. The Balaban J connectivity index is 1.87. The molecule has 2 unspecified atom stereocenters. The highest BCUT2D eigenvalue weighted by molar-refractivity contribution is 4.85. The number of rotatable bonds is 5. The van der Waals surface area contributed by atoms with Gasteiger partial charge in [0.15, 0.2) is 0 Å². The van der Waals surface area contributed by atoms with Crippen LogP contribution in [-0.2, 0) is 6.54 Å². The van der Waals surface area contributed by atoms with Crippen LogP contribution < -0.4 is 5.32 Å². The molecule has 1 aromatic heterocycles. The van der Waals surface area contributed by atoms with Crippen LogP contribution in [0.15, 0.2) is 18.7 Å². The number of likely N-dealkylation sites (tertiary alicyclic amines) is 1. The molecule has 0 aromatic carbocycles. The van der Waals surface area contributed by atoms with Gasteiger partial charge in [0.05, 0.1) is 6.33 Å². The summed E-state index contributed by atoms with van der Waals surface area (Å²) >= 11 is 0. The van der Waals surface area contributed by atoms with Crippen LogP contribution in [0.4, 0.5) is 0 Å². The van der Waals surface area contributed by atoms with E-state index in [2.05, 4.69) is 53.8 Å². The lowest BCUT2D eigenvalue weighted by atomic mass is 9.86. The Morgan fingerprint density at radius 2 is 2.20 bits per heavy atom. The molecule has 1 N–H and O–H groups in total. The first-order chi connectivity index (χ1) is 9.45. The summed E-state index contributed by atoms with van der Waals surface area (Å²) in [6.07, 6.45) is 8.52. The van der Waals surface area contributed by atoms with Crippen LogP contribution in [0.25, 0.3) is 0 Å². The zero-order valence-electron chi connectivity index (χ0n) is 13.5. The summed E-state index contributed by atoms with van der Waals surface area (Å²) in [7, 11) is 2.24. The highest BCUT2D eigenvalue weighted by Crippen LogP contribution is 2.22. The molecule has 4 nitrogen and oxygen atoms in total. The van der Waals surface area contributed by atoms with E-state index < -0.39 is 0 Å². The van der Waals surface area contributed by atoms with Gasteiger partial charge >= 0.3 is 0 Å². The summed E-state index contributed by atoms with van der Waals surface area (Å²) in [5.74, 6) is 0.793. The molecule has 0 radical (unpaired) electrons. The molecule has 1 aromatic rings. The number of hydrogen-bond donors (Lipinski definition) is 1. The largest absolute Gasteiger partial charge is 0.336 e. The van der Waals surface area contributed by atoms with E-state index in [0.717, 1.165) is 19.0 Å². The van der Waals surface area contributed by atoms with Crippen molar-refractivity contribution in [2.75, 3.05) is 26.7 Å². The zero-order valence-corrected chi connectivity index (χ0v) is 13.5. The van der Waals surface area contributed by atoms with Gasteiger partial charge in [0.1, 0.15) is 0 Å². The summed E-state index contributed by atoms with van der Waals surface area (Å²) in [6.45, 7) is 11.5. The molecule has 0 amide bonds. The van der Waals surface area contributed by atoms with E-state index in [1.54, 1.807) is 0 Å². The van der Waals surface area contributed by atoms with Crippen molar-refractivity contribution >= 4 is 0 Å². The van der Waals surface area contributed by atoms with Crippen LogP contribution in [0.2, 0.25) is 0 Å². The van der Waals surface area contributed by atoms with E-state index >= 15 is 0 Å². The third kappa shape index (κ3) is 4.60. The molecule has 20 heavy (non-hydrogen) atoms. The second-order valence-corrected chi connectivity index (χ2v) is 7.36. The van der Waals surface area contributed by atoms with Gasteiger partial charge < -0.3 is 14.8 Å². The van der Waals surface area contributed by atoms with Gasteiger partial charge in [-0.05, 0) is 44.3 Å². The number of hydrogen-bond acceptors (Lipinski definition) is 3. The average Bonchev–Trinajstić information content (AvgIpc) is 2.86. The molecule has 0 aliphatic carbocycles. The van der Waals surface area contributed by atoms with Crippen molar-refractivity contribution in [3.8, 4) is 0 Å². The molecule has 1 saturated heterocycles. The predicted octanol–water partition coefficient (Wildman–Crippen LogP) is 2.23. The fourth-order valence-corrected chi connectivity index (χ4v) is 3.00. The van der Waals surface area contributed by atoms with Gasteiger partial charge in [-0.25, -0.2) is 4.98 Å². The molecule has 0 spiro atoms. The van der Waals surface area contributed by atoms with Crippen molar-refractivity contribution in [3.05, 3.63) is 18.7 Å². The maximum atomic E-state index is 4.15. The molecule has 1 aliphatic heterocycles. The molecule has 114 valence electrons. The highest BCUT2D eigenvalue weighted by Gasteiger charge is 2.26. The summed E-state index contributed by atoms with van der Waals surface area (Å²) in [4.78, 5) is 6.60. The van der Waals surface area contributed by atoms with Gasteiger partial charge in [0.25, 0.3) is 0 Å². The van der Waals surface area contributed by atoms with Crippen LogP contribution in [0.3, 0.4) is 0 Å². The van der Waals surface area contributed by atoms with Gasteiger partial charge in [-0.2, -0.15) is 0 Å². The molecular weight excluding hydrogens is 248 g/mol. The molecular formula is C16H30N4. The second kappa shape index (κ2) is 6.72. The number of nitrogens with one attached hydrogen (secondary N) is 1. The quantitative estimate of drug-likeness (QED) is 0.896. The molecule has 1 aliphatic rings.